The van der Waals surface area contributed by atoms with Crippen LogP contribution >= 0.6 is 0 Å². The summed E-state index contributed by atoms with van der Waals surface area (Å²) in [5.41, 5.74) is 1.07. The number of benzene rings is 1. The number of hydrogen-bond donors (Lipinski definition) is 0. The van der Waals surface area contributed by atoms with Gasteiger partial charge in [0.25, 0.3) is 0 Å². The first-order valence-electron chi connectivity index (χ1n) is 3.76. The van der Waals surface area contributed by atoms with Gasteiger partial charge in [-0.05, 0) is 12.1 Å². The Kier molecular flexibility index (Phi) is 3.08. The summed E-state index contributed by atoms with van der Waals surface area (Å²) in [6, 6.07) is 9.95. The van der Waals surface area contributed by atoms with Crippen LogP contribution in [0.2, 0.25) is 0 Å². The molecule has 2 nitrogen and oxygen atoms in total. The van der Waals surface area contributed by atoms with Gasteiger partial charge >= 0.3 is 0 Å². The second-order valence-electron chi connectivity index (χ2n) is 2.30. The molecule has 0 radical (unpaired) electrons. The zero-order valence-corrected chi connectivity index (χ0v) is 7.14. The first-order chi connectivity index (χ1) is 5.88. The molecule has 0 amide bonds. The molecule has 1 aromatic carbocycles. The van der Waals surface area contributed by atoms with E-state index in [0.29, 0.717) is 0 Å². The first-order valence-corrected chi connectivity index (χ1v) is 3.76. The summed E-state index contributed by atoms with van der Waals surface area (Å²) in [7, 11) is 1.74. The van der Waals surface area contributed by atoms with E-state index in [4.69, 9.17) is 0 Å². The van der Waals surface area contributed by atoms with Crippen LogP contribution in [-0.2, 0) is 0 Å². The van der Waals surface area contributed by atoms with Crippen molar-refractivity contribution >= 4 is 12.0 Å². The minimum Gasteiger partial charge on any atom is -0.309 e. The van der Waals surface area contributed by atoms with Crippen molar-refractivity contribution in [2.24, 2.45) is 4.99 Å². The molecule has 1 rings (SSSR count). The Labute approximate surface area is 72.9 Å². The van der Waals surface area contributed by atoms with E-state index in [0.717, 1.165) is 5.69 Å². The maximum absolute atomic E-state index is 3.91. The van der Waals surface area contributed by atoms with Gasteiger partial charge in [0.1, 0.15) is 0 Å². The Bertz CT molecular complexity index is 264. The number of para-hydroxylation sites is 1. The zero-order valence-electron chi connectivity index (χ0n) is 7.14. The molecule has 0 atom stereocenters. The largest absolute Gasteiger partial charge is 0.309 e. The fraction of sp³-hybridized carbons (Fsp3) is 0.100. The molecule has 0 aliphatic rings. The van der Waals surface area contributed by atoms with Crippen molar-refractivity contribution in [3.8, 4) is 0 Å². The van der Waals surface area contributed by atoms with Gasteiger partial charge in [0.05, 0.1) is 6.34 Å². The molecule has 2 heteroatoms. The molecule has 0 heterocycles. The smallest absolute Gasteiger partial charge is 0.0931 e. The van der Waals surface area contributed by atoms with E-state index in [9.17, 15) is 0 Å². The average Bonchev–Trinajstić information content (AvgIpc) is 2.15. The van der Waals surface area contributed by atoms with E-state index in [1.165, 1.54) is 0 Å². The summed E-state index contributed by atoms with van der Waals surface area (Å²) in [5.74, 6) is 0. The third kappa shape index (κ3) is 1.95. The zero-order chi connectivity index (χ0) is 8.81. The van der Waals surface area contributed by atoms with Crippen molar-refractivity contribution < 1.29 is 0 Å². The lowest BCUT2D eigenvalue weighted by Crippen LogP contribution is -2.11. The maximum Gasteiger partial charge on any atom is 0.0931 e. The van der Waals surface area contributed by atoms with Gasteiger partial charge in [-0.1, -0.05) is 24.8 Å². The topological polar surface area (TPSA) is 15.6 Å². The molecule has 12 heavy (non-hydrogen) atoms. The van der Waals surface area contributed by atoms with Crippen LogP contribution in [0.1, 0.15) is 0 Å². The van der Waals surface area contributed by atoms with Crippen molar-refractivity contribution in [2.75, 3.05) is 11.9 Å². The van der Waals surface area contributed by atoms with Gasteiger partial charge < -0.3 is 4.90 Å². The second kappa shape index (κ2) is 4.34. The molecule has 0 N–H and O–H groups in total. The standard InChI is InChI=1S/C10H12N2/c1-3-12(9-11-2)10-7-5-4-6-8-10/h3-9H,1H2,2H3/b11-9-. The van der Waals surface area contributed by atoms with Crippen LogP contribution in [0.25, 0.3) is 0 Å². The molecule has 0 bridgehead atoms. The summed E-state index contributed by atoms with van der Waals surface area (Å²) in [6.45, 7) is 3.69. The van der Waals surface area contributed by atoms with Gasteiger partial charge in [-0.25, -0.2) is 0 Å². The fourth-order valence-corrected chi connectivity index (χ4v) is 0.944. The lowest BCUT2D eigenvalue weighted by Gasteiger charge is -2.12. The van der Waals surface area contributed by atoms with Crippen LogP contribution in [-0.4, -0.2) is 13.4 Å². The summed E-state index contributed by atoms with van der Waals surface area (Å²) in [4.78, 5) is 5.77. The number of nitrogens with zero attached hydrogens (tertiary/aromatic N) is 2. The van der Waals surface area contributed by atoms with Crippen molar-refractivity contribution in [1.82, 2.24) is 0 Å². The van der Waals surface area contributed by atoms with Gasteiger partial charge in [0, 0.05) is 18.9 Å². The van der Waals surface area contributed by atoms with Gasteiger partial charge in [-0.3, -0.25) is 4.99 Å². The highest BCUT2D eigenvalue weighted by Crippen LogP contribution is 2.10. The molecule has 0 aromatic heterocycles. The van der Waals surface area contributed by atoms with E-state index < -0.39 is 0 Å². The highest BCUT2D eigenvalue weighted by molar-refractivity contribution is 5.80. The number of aliphatic imine (C=N–C) groups is 1. The van der Waals surface area contributed by atoms with Crippen molar-refractivity contribution in [2.45, 2.75) is 0 Å². The van der Waals surface area contributed by atoms with Crippen molar-refractivity contribution in [1.29, 1.82) is 0 Å². The molecule has 0 aliphatic carbocycles. The lowest BCUT2D eigenvalue weighted by molar-refractivity contribution is 1.34. The average molecular weight is 160 g/mol. The minimum atomic E-state index is 1.07. The van der Waals surface area contributed by atoms with Crippen molar-refractivity contribution in [3.05, 3.63) is 43.1 Å². The van der Waals surface area contributed by atoms with E-state index in [2.05, 4.69) is 11.6 Å². The van der Waals surface area contributed by atoms with Gasteiger partial charge in [0.2, 0.25) is 0 Å². The third-order valence-corrected chi connectivity index (χ3v) is 1.49. The minimum absolute atomic E-state index is 1.07. The number of rotatable bonds is 3. The van der Waals surface area contributed by atoms with Crippen LogP contribution in [0.5, 0.6) is 0 Å². The van der Waals surface area contributed by atoms with Gasteiger partial charge in [0.15, 0.2) is 0 Å². The Morgan fingerprint density at radius 3 is 2.50 bits per heavy atom. The summed E-state index contributed by atoms with van der Waals surface area (Å²) < 4.78 is 0. The molecule has 0 spiro atoms. The molecule has 0 unspecified atom stereocenters. The summed E-state index contributed by atoms with van der Waals surface area (Å²) in [5, 5.41) is 0. The normalized spacial score (nSPS) is 10.1. The van der Waals surface area contributed by atoms with E-state index >= 15 is 0 Å². The van der Waals surface area contributed by atoms with Crippen LogP contribution < -0.4 is 4.90 Å². The molecular formula is C10H12N2. The van der Waals surface area contributed by atoms with E-state index in [1.54, 1.807) is 19.6 Å². The van der Waals surface area contributed by atoms with Crippen LogP contribution in [0.3, 0.4) is 0 Å². The van der Waals surface area contributed by atoms with E-state index in [1.807, 2.05) is 35.2 Å². The fourth-order valence-electron chi connectivity index (χ4n) is 0.944. The molecule has 0 saturated carbocycles. The molecule has 62 valence electrons. The van der Waals surface area contributed by atoms with Crippen LogP contribution in [0, 0.1) is 0 Å². The maximum atomic E-state index is 3.91. The number of anilines is 1. The Balaban J connectivity index is 2.87. The summed E-state index contributed by atoms with van der Waals surface area (Å²) >= 11 is 0. The molecular weight excluding hydrogens is 148 g/mol. The van der Waals surface area contributed by atoms with Crippen molar-refractivity contribution in [3.63, 3.8) is 0 Å². The lowest BCUT2D eigenvalue weighted by atomic mass is 10.3. The molecule has 1 aromatic rings. The number of hydrogen-bond acceptors (Lipinski definition) is 1. The molecule has 0 aliphatic heterocycles. The van der Waals surface area contributed by atoms with Gasteiger partial charge in [-0.2, -0.15) is 0 Å². The monoisotopic (exact) mass is 160 g/mol. The second-order valence-corrected chi connectivity index (χ2v) is 2.30. The van der Waals surface area contributed by atoms with Crippen LogP contribution in [0.15, 0.2) is 48.1 Å². The SMILES string of the molecule is C=CN(/C=N\C)c1ccccc1. The Morgan fingerprint density at radius 2 is 2.00 bits per heavy atom. The highest BCUT2D eigenvalue weighted by Gasteiger charge is 1.94. The summed E-state index contributed by atoms with van der Waals surface area (Å²) in [6.07, 6.45) is 3.45. The van der Waals surface area contributed by atoms with Crippen LogP contribution in [0.4, 0.5) is 5.69 Å². The van der Waals surface area contributed by atoms with E-state index in [-0.39, 0.29) is 0 Å². The third-order valence-electron chi connectivity index (χ3n) is 1.49. The highest BCUT2D eigenvalue weighted by atomic mass is 15.1. The first kappa shape index (κ1) is 8.53. The molecule has 0 saturated heterocycles. The molecule has 0 fully saturated rings. The van der Waals surface area contributed by atoms with Gasteiger partial charge in [-0.15, -0.1) is 0 Å². The quantitative estimate of drug-likeness (QED) is 0.489. The Morgan fingerprint density at radius 1 is 1.33 bits per heavy atom. The predicted molar refractivity (Wildman–Crippen MR) is 53.5 cm³/mol. The Hall–Kier alpha value is -1.57. The predicted octanol–water partition coefficient (Wildman–Crippen LogP) is 2.29.